The molecule has 1 aliphatic heterocycles. The third-order valence-corrected chi connectivity index (χ3v) is 3.13. The molecule has 7 heteroatoms. The molecule has 1 aliphatic rings. The summed E-state index contributed by atoms with van der Waals surface area (Å²) in [5.41, 5.74) is 0.732. The summed E-state index contributed by atoms with van der Waals surface area (Å²) in [5.74, 6) is 0.208. The van der Waals surface area contributed by atoms with Gasteiger partial charge in [0.05, 0.1) is 11.5 Å². The molecule has 0 aromatic heterocycles. The van der Waals surface area contributed by atoms with Crippen LogP contribution in [0.5, 0.6) is 0 Å². The number of allylic oxidation sites excluding steroid dienone is 1. The molecule has 1 heterocycles. The molecule has 0 atom stereocenters. The van der Waals surface area contributed by atoms with Gasteiger partial charge in [-0.15, -0.1) is 0 Å². The zero-order chi connectivity index (χ0) is 18.4. The van der Waals surface area contributed by atoms with Crippen molar-refractivity contribution in [2.75, 3.05) is 6.54 Å². The summed E-state index contributed by atoms with van der Waals surface area (Å²) in [6, 6.07) is 10.6. The number of benzene rings is 1. The second-order valence-electron chi connectivity index (χ2n) is 4.43. The molecule has 2 rings (SSSR count). The average Bonchev–Trinajstić information content (AvgIpc) is 2.99. The highest BCUT2D eigenvalue weighted by Crippen LogP contribution is 2.08. The van der Waals surface area contributed by atoms with E-state index in [-0.39, 0.29) is 5.91 Å². The van der Waals surface area contributed by atoms with Gasteiger partial charge < -0.3 is 4.90 Å². The van der Waals surface area contributed by atoms with Crippen LogP contribution in [0.15, 0.2) is 61.2 Å². The molecule has 128 valence electrons. The Morgan fingerprint density at radius 1 is 1.25 bits per heavy atom. The molecule has 0 saturated carbocycles. The fourth-order valence-corrected chi connectivity index (χ4v) is 1.92. The molecule has 6 nitrogen and oxygen atoms in total. The first kappa shape index (κ1) is 21.3. The van der Waals surface area contributed by atoms with Gasteiger partial charge in [-0.1, -0.05) is 43.5 Å². The topological polar surface area (TPSA) is 98.5 Å². The second kappa shape index (κ2) is 11.8. The zero-order valence-electron chi connectivity index (χ0n) is 13.2. The number of nitriles is 1. The van der Waals surface area contributed by atoms with Crippen molar-refractivity contribution in [2.45, 2.75) is 12.8 Å². The van der Waals surface area contributed by atoms with Crippen LogP contribution in [0.3, 0.4) is 0 Å². The van der Waals surface area contributed by atoms with E-state index in [1.54, 1.807) is 41.4 Å². The molecule has 0 unspecified atom stereocenters. The van der Waals surface area contributed by atoms with Crippen molar-refractivity contribution in [1.29, 1.82) is 5.26 Å². The highest BCUT2D eigenvalue weighted by atomic mass is 32.2. The van der Waals surface area contributed by atoms with E-state index in [0.29, 0.717) is 6.42 Å². The summed E-state index contributed by atoms with van der Waals surface area (Å²) in [5, 5.41) is 8.26. The number of rotatable bonds is 3. The Morgan fingerprint density at radius 3 is 2.17 bits per heavy atom. The Labute approximate surface area is 142 Å². The van der Waals surface area contributed by atoms with Gasteiger partial charge in [0.25, 0.3) is 10.1 Å². The second-order valence-corrected chi connectivity index (χ2v) is 5.74. The number of amides is 1. The Kier molecular flexibility index (Phi) is 10.5. The van der Waals surface area contributed by atoms with Crippen molar-refractivity contribution in [2.24, 2.45) is 0 Å². The molecule has 1 N–H and O–H groups in total. The minimum Gasteiger partial charge on any atom is -0.320 e. The maximum absolute atomic E-state index is 10.7. The van der Waals surface area contributed by atoms with Crippen LogP contribution in [0.2, 0.25) is 0 Å². The largest absolute Gasteiger partial charge is 0.320 e. The molecule has 1 amide bonds. The van der Waals surface area contributed by atoms with Crippen LogP contribution >= 0.6 is 0 Å². The molecule has 0 spiro atoms. The van der Waals surface area contributed by atoms with Crippen molar-refractivity contribution >= 4 is 22.1 Å². The summed E-state index contributed by atoms with van der Waals surface area (Å²) in [7, 11) is -4.00. The minimum absolute atomic E-state index is 0.208. The summed E-state index contributed by atoms with van der Waals surface area (Å²) in [6.45, 7) is 7.48. The Balaban J connectivity index is 0.000000379. The molecular formula is C17H20N2O4S. The summed E-state index contributed by atoms with van der Waals surface area (Å²) >= 11 is 0. The molecule has 1 aromatic rings. The predicted octanol–water partition coefficient (Wildman–Crippen LogP) is 2.99. The number of hydrogen-bond donors (Lipinski definition) is 1. The van der Waals surface area contributed by atoms with Crippen LogP contribution in [-0.4, -0.2) is 30.3 Å². The van der Waals surface area contributed by atoms with Gasteiger partial charge >= 0.3 is 0 Å². The van der Waals surface area contributed by atoms with Gasteiger partial charge in [0, 0.05) is 19.0 Å². The number of hydrogen-bond acceptors (Lipinski definition) is 4. The van der Waals surface area contributed by atoms with Gasteiger partial charge in [-0.05, 0) is 24.3 Å². The molecule has 0 aliphatic carbocycles. The lowest BCUT2D eigenvalue weighted by atomic mass is 10.2. The van der Waals surface area contributed by atoms with E-state index in [0.717, 1.165) is 23.9 Å². The molecule has 1 fully saturated rings. The van der Waals surface area contributed by atoms with Crippen molar-refractivity contribution < 1.29 is 17.8 Å². The smallest absolute Gasteiger partial charge is 0.287 e. The highest BCUT2D eigenvalue weighted by molar-refractivity contribution is 7.88. The first-order valence-corrected chi connectivity index (χ1v) is 8.47. The van der Waals surface area contributed by atoms with Crippen molar-refractivity contribution in [3.8, 4) is 6.07 Å². The zero-order valence-corrected chi connectivity index (χ0v) is 14.0. The summed E-state index contributed by atoms with van der Waals surface area (Å²) in [4.78, 5) is 12.3. The third-order valence-electron chi connectivity index (χ3n) is 2.65. The van der Waals surface area contributed by atoms with E-state index in [1.165, 1.54) is 12.2 Å². The van der Waals surface area contributed by atoms with Crippen LogP contribution in [0.1, 0.15) is 18.4 Å². The predicted molar refractivity (Wildman–Crippen MR) is 94.0 cm³/mol. The molecule has 0 bridgehead atoms. The van der Waals surface area contributed by atoms with E-state index in [4.69, 9.17) is 9.81 Å². The number of nitrogens with zero attached hydrogens (tertiary/aromatic N) is 2. The Bertz CT molecular complexity index is 704. The van der Waals surface area contributed by atoms with Gasteiger partial charge in [0.15, 0.2) is 0 Å². The lowest BCUT2D eigenvalue weighted by Gasteiger charge is -2.05. The van der Waals surface area contributed by atoms with Gasteiger partial charge in [-0.3, -0.25) is 9.35 Å². The van der Waals surface area contributed by atoms with Gasteiger partial charge in [0.2, 0.25) is 5.91 Å². The van der Waals surface area contributed by atoms with Gasteiger partial charge in [-0.25, -0.2) is 0 Å². The van der Waals surface area contributed by atoms with Crippen LogP contribution in [0, 0.1) is 11.3 Å². The fourth-order valence-electron chi connectivity index (χ4n) is 1.59. The summed E-state index contributed by atoms with van der Waals surface area (Å²) in [6.07, 6.45) is 5.79. The highest BCUT2D eigenvalue weighted by Gasteiger charge is 2.15. The molecule has 1 saturated heterocycles. The quantitative estimate of drug-likeness (QED) is 0.669. The molecule has 0 radical (unpaired) electrons. The average molecular weight is 348 g/mol. The van der Waals surface area contributed by atoms with E-state index in [1.807, 2.05) is 6.07 Å². The van der Waals surface area contributed by atoms with Crippen molar-refractivity contribution in [3.05, 3.63) is 66.7 Å². The van der Waals surface area contributed by atoms with Crippen molar-refractivity contribution in [1.82, 2.24) is 4.90 Å². The van der Waals surface area contributed by atoms with E-state index in [9.17, 15) is 13.2 Å². The van der Waals surface area contributed by atoms with Crippen LogP contribution in [-0.2, 0) is 14.9 Å². The van der Waals surface area contributed by atoms with E-state index < -0.39 is 10.1 Å². The molecular weight excluding hydrogens is 328 g/mol. The van der Waals surface area contributed by atoms with Crippen LogP contribution in [0.25, 0.3) is 6.08 Å². The lowest BCUT2D eigenvalue weighted by Crippen LogP contribution is -2.16. The minimum atomic E-state index is -4.00. The first-order chi connectivity index (χ1) is 11.3. The monoisotopic (exact) mass is 348 g/mol. The Morgan fingerprint density at radius 2 is 1.83 bits per heavy atom. The number of carbonyl (C=O) groups is 1. The number of likely N-dealkylation sites (tertiary alicyclic amines) is 1. The standard InChI is InChI=1S/C8H8O3S.C6H9NO.C3H3N/c9-12(10,11)7-6-8-4-2-1-3-5-8;1-2-7-5-3-4-6(7)8;1-2-3-4/h1-7H,(H,9,10,11);2H,1,3-5H2;2H,1H2. The maximum atomic E-state index is 10.7. The summed E-state index contributed by atoms with van der Waals surface area (Å²) < 4.78 is 28.9. The van der Waals surface area contributed by atoms with Gasteiger partial charge in [-0.2, -0.15) is 13.7 Å². The number of carbonyl (C=O) groups excluding carboxylic acids is 1. The third kappa shape index (κ3) is 11.0. The SMILES string of the molecule is C=CC#N.C=CN1CCCC1=O.O=S(=O)(O)C=Cc1ccccc1. The van der Waals surface area contributed by atoms with Crippen LogP contribution in [0.4, 0.5) is 0 Å². The van der Waals surface area contributed by atoms with Gasteiger partial charge in [0.1, 0.15) is 0 Å². The van der Waals surface area contributed by atoms with E-state index in [2.05, 4.69) is 13.2 Å². The van der Waals surface area contributed by atoms with Crippen molar-refractivity contribution in [3.63, 3.8) is 0 Å². The normalized spacial score (nSPS) is 13.2. The maximum Gasteiger partial charge on any atom is 0.287 e. The van der Waals surface area contributed by atoms with E-state index >= 15 is 0 Å². The van der Waals surface area contributed by atoms with Crippen LogP contribution < -0.4 is 0 Å². The molecule has 1 aromatic carbocycles. The first-order valence-electron chi connectivity index (χ1n) is 6.97. The Hall–Kier alpha value is -2.69. The lowest BCUT2D eigenvalue weighted by molar-refractivity contribution is -0.125. The molecule has 24 heavy (non-hydrogen) atoms. The fraction of sp³-hybridized carbons (Fsp3) is 0.176.